The van der Waals surface area contributed by atoms with E-state index in [0.717, 1.165) is 62.3 Å². The van der Waals surface area contributed by atoms with Gasteiger partial charge in [0, 0.05) is 51.2 Å². The molecule has 0 heterocycles. The Kier molecular flexibility index (Phi) is 10.6. The van der Waals surface area contributed by atoms with Gasteiger partial charge < -0.3 is 14.7 Å². The molecule has 0 N–H and O–H groups in total. The number of fused-ring (bicyclic) bond motifs is 2. The van der Waals surface area contributed by atoms with Gasteiger partial charge in [-0.2, -0.15) is 0 Å². The summed E-state index contributed by atoms with van der Waals surface area (Å²) in [5.41, 5.74) is 14.7. The largest absolute Gasteiger partial charge is 0.311 e. The van der Waals surface area contributed by atoms with E-state index in [2.05, 4.69) is 288 Å². The molecule has 0 bridgehead atoms. The Hall–Kier alpha value is -8.66. The lowest BCUT2D eigenvalue weighted by atomic mass is 9.85. The van der Waals surface area contributed by atoms with Gasteiger partial charge >= 0.3 is 0 Å². The van der Waals surface area contributed by atoms with Crippen LogP contribution in [0.2, 0.25) is 0 Å². The molecule has 0 amide bonds. The number of hydrogen-bond acceptors (Lipinski definition) is 3. The Balaban J connectivity index is 1.12. The molecule has 0 aromatic heterocycles. The SMILES string of the molecule is c1ccc(N(c2ccccc2)c2ccc(-c3c4ccccc4c(-c4ccc(N(c5ccccc5)c5ccccc5)cc4)c4cc(N(c5ccccc5)c5ccccc5)ccc34)cc2)cc1. The van der Waals surface area contributed by atoms with Crippen LogP contribution in [-0.2, 0) is 0 Å². The van der Waals surface area contributed by atoms with Gasteiger partial charge in [0.05, 0.1) is 0 Å². The standard InChI is InChI=1S/C62H45N3/c1-7-21-48(22-8-1)63(49-23-9-2-10-24-49)54-39-35-46(36-40-54)61-57-33-19-20-34-58(57)62(47-37-41-55(42-38-47)64(50-25-11-3-12-26-50)51-27-13-4-14-28-51)60-45-56(43-44-59(60)61)65(52-29-15-5-16-30-52)53-31-17-6-18-32-53/h1-45H. The lowest BCUT2D eigenvalue weighted by Gasteiger charge is -2.27. The highest BCUT2D eigenvalue weighted by atomic mass is 15.2. The molecule has 0 saturated carbocycles. The van der Waals surface area contributed by atoms with Crippen LogP contribution in [0.15, 0.2) is 273 Å². The molecule has 0 atom stereocenters. The summed E-state index contributed by atoms with van der Waals surface area (Å²) in [4.78, 5) is 6.99. The molecule has 3 nitrogen and oxygen atoms in total. The topological polar surface area (TPSA) is 9.72 Å². The molecule has 11 rings (SSSR count). The molecule has 0 spiro atoms. The number of nitrogens with zero attached hydrogens (tertiary/aromatic N) is 3. The monoisotopic (exact) mass is 831 g/mol. The van der Waals surface area contributed by atoms with Crippen molar-refractivity contribution in [1.82, 2.24) is 0 Å². The fourth-order valence-corrected chi connectivity index (χ4v) is 9.29. The molecule has 11 aromatic carbocycles. The molecule has 11 aromatic rings. The average Bonchev–Trinajstić information content (AvgIpc) is 3.38. The van der Waals surface area contributed by atoms with Gasteiger partial charge in [0.15, 0.2) is 0 Å². The van der Waals surface area contributed by atoms with Gasteiger partial charge in [-0.05, 0) is 153 Å². The summed E-state index contributed by atoms with van der Waals surface area (Å²) in [6.07, 6.45) is 0. The van der Waals surface area contributed by atoms with E-state index in [9.17, 15) is 0 Å². The van der Waals surface area contributed by atoms with Crippen LogP contribution in [0.25, 0.3) is 43.8 Å². The van der Waals surface area contributed by atoms with Crippen molar-refractivity contribution in [2.24, 2.45) is 0 Å². The van der Waals surface area contributed by atoms with Crippen molar-refractivity contribution < 1.29 is 0 Å². The van der Waals surface area contributed by atoms with E-state index in [-0.39, 0.29) is 0 Å². The second-order valence-electron chi connectivity index (χ2n) is 16.1. The number of hydrogen-bond donors (Lipinski definition) is 0. The van der Waals surface area contributed by atoms with E-state index in [4.69, 9.17) is 0 Å². The lowest BCUT2D eigenvalue weighted by Crippen LogP contribution is -2.10. The zero-order valence-corrected chi connectivity index (χ0v) is 35.8. The molecule has 0 fully saturated rings. The van der Waals surface area contributed by atoms with Crippen molar-refractivity contribution in [3.05, 3.63) is 273 Å². The third kappa shape index (κ3) is 7.66. The van der Waals surface area contributed by atoms with Gasteiger partial charge in [-0.3, -0.25) is 0 Å². The van der Waals surface area contributed by atoms with E-state index in [1.807, 2.05) is 0 Å². The summed E-state index contributed by atoms with van der Waals surface area (Å²) in [6.45, 7) is 0. The second kappa shape index (κ2) is 17.6. The van der Waals surface area contributed by atoms with Gasteiger partial charge in [-0.25, -0.2) is 0 Å². The zero-order chi connectivity index (χ0) is 43.4. The normalized spacial score (nSPS) is 11.1. The maximum Gasteiger partial charge on any atom is 0.0468 e. The quantitative estimate of drug-likeness (QED) is 0.120. The Morgan fingerprint density at radius 2 is 0.400 bits per heavy atom. The summed E-state index contributed by atoms with van der Waals surface area (Å²) >= 11 is 0. The molecule has 65 heavy (non-hydrogen) atoms. The van der Waals surface area contributed by atoms with Crippen LogP contribution in [-0.4, -0.2) is 0 Å². The first-order valence-electron chi connectivity index (χ1n) is 22.2. The van der Waals surface area contributed by atoms with E-state index in [1.54, 1.807) is 0 Å². The van der Waals surface area contributed by atoms with Gasteiger partial charge in [-0.1, -0.05) is 164 Å². The van der Waals surface area contributed by atoms with Crippen LogP contribution in [0.1, 0.15) is 0 Å². The second-order valence-corrected chi connectivity index (χ2v) is 16.1. The molecular formula is C62H45N3. The van der Waals surface area contributed by atoms with E-state index in [0.29, 0.717) is 0 Å². The van der Waals surface area contributed by atoms with Crippen molar-refractivity contribution in [3.63, 3.8) is 0 Å². The van der Waals surface area contributed by atoms with Crippen LogP contribution in [0.3, 0.4) is 0 Å². The fourth-order valence-electron chi connectivity index (χ4n) is 9.29. The minimum absolute atomic E-state index is 1.09. The van der Waals surface area contributed by atoms with Gasteiger partial charge in [0.25, 0.3) is 0 Å². The third-order valence-electron chi connectivity index (χ3n) is 12.2. The summed E-state index contributed by atoms with van der Waals surface area (Å²) in [5, 5.41) is 4.79. The number of para-hydroxylation sites is 6. The maximum atomic E-state index is 2.40. The molecule has 3 heteroatoms. The minimum Gasteiger partial charge on any atom is -0.311 e. The Bertz CT molecular complexity index is 3210. The van der Waals surface area contributed by atoms with Crippen LogP contribution < -0.4 is 14.7 Å². The van der Waals surface area contributed by atoms with E-state index < -0.39 is 0 Å². The first-order valence-corrected chi connectivity index (χ1v) is 22.2. The average molecular weight is 832 g/mol. The summed E-state index contributed by atoms with van der Waals surface area (Å²) < 4.78 is 0. The Labute approximate surface area is 381 Å². The summed E-state index contributed by atoms with van der Waals surface area (Å²) in [7, 11) is 0. The molecule has 0 unspecified atom stereocenters. The molecule has 0 radical (unpaired) electrons. The lowest BCUT2D eigenvalue weighted by molar-refractivity contribution is 1.28. The van der Waals surface area contributed by atoms with Crippen LogP contribution in [0.5, 0.6) is 0 Å². The van der Waals surface area contributed by atoms with Crippen molar-refractivity contribution in [3.8, 4) is 22.3 Å². The fraction of sp³-hybridized carbons (Fsp3) is 0. The van der Waals surface area contributed by atoms with Crippen molar-refractivity contribution in [2.75, 3.05) is 14.7 Å². The van der Waals surface area contributed by atoms with Crippen molar-refractivity contribution in [2.45, 2.75) is 0 Å². The smallest absolute Gasteiger partial charge is 0.0468 e. The molecule has 0 aliphatic carbocycles. The highest BCUT2D eigenvalue weighted by Gasteiger charge is 2.21. The zero-order valence-electron chi connectivity index (χ0n) is 35.8. The van der Waals surface area contributed by atoms with Crippen molar-refractivity contribution in [1.29, 1.82) is 0 Å². The highest BCUT2D eigenvalue weighted by molar-refractivity contribution is 6.22. The molecular weight excluding hydrogens is 787 g/mol. The highest BCUT2D eigenvalue weighted by Crippen LogP contribution is 2.47. The summed E-state index contributed by atoms with van der Waals surface area (Å²) in [6, 6.07) is 97.9. The van der Waals surface area contributed by atoms with Crippen LogP contribution >= 0.6 is 0 Å². The third-order valence-corrected chi connectivity index (χ3v) is 12.2. The molecule has 0 aliphatic rings. The number of benzene rings is 11. The maximum absolute atomic E-state index is 2.40. The van der Waals surface area contributed by atoms with Crippen LogP contribution in [0.4, 0.5) is 51.2 Å². The van der Waals surface area contributed by atoms with E-state index in [1.165, 1.54) is 32.7 Å². The van der Waals surface area contributed by atoms with Crippen molar-refractivity contribution >= 4 is 72.7 Å². The van der Waals surface area contributed by atoms with Gasteiger partial charge in [0.1, 0.15) is 0 Å². The minimum atomic E-state index is 1.09. The number of anilines is 9. The van der Waals surface area contributed by atoms with Crippen LogP contribution in [0, 0.1) is 0 Å². The molecule has 0 aliphatic heterocycles. The Morgan fingerprint density at radius 1 is 0.169 bits per heavy atom. The Morgan fingerprint density at radius 3 is 0.723 bits per heavy atom. The molecule has 308 valence electrons. The predicted molar refractivity (Wildman–Crippen MR) is 276 cm³/mol. The number of rotatable bonds is 11. The van der Waals surface area contributed by atoms with Gasteiger partial charge in [-0.15, -0.1) is 0 Å². The molecule has 0 saturated heterocycles. The summed E-state index contributed by atoms with van der Waals surface area (Å²) in [5.74, 6) is 0. The first kappa shape index (κ1) is 39.2. The van der Waals surface area contributed by atoms with E-state index >= 15 is 0 Å². The first-order chi connectivity index (χ1) is 32.3. The predicted octanol–water partition coefficient (Wildman–Crippen LogP) is 17.7. The van der Waals surface area contributed by atoms with Gasteiger partial charge in [0.2, 0.25) is 0 Å².